The Morgan fingerprint density at radius 1 is 1.13 bits per heavy atom. The van der Waals surface area contributed by atoms with Crippen LogP contribution in [0, 0.1) is 13.8 Å². The molecule has 10 nitrogen and oxygen atoms in total. The quantitative estimate of drug-likeness (QED) is 0.719. The van der Waals surface area contributed by atoms with E-state index in [1.165, 1.54) is 4.31 Å². The van der Waals surface area contributed by atoms with Crippen molar-refractivity contribution in [1.82, 2.24) is 19.7 Å². The minimum atomic E-state index is -3.73. The molecule has 1 aliphatic carbocycles. The Hall–Kier alpha value is -2.92. The number of aryl methyl sites for hydroxylation is 2. The highest BCUT2D eigenvalue weighted by Gasteiger charge is 2.34. The highest BCUT2D eigenvalue weighted by atomic mass is 32.2. The van der Waals surface area contributed by atoms with Crippen molar-refractivity contribution in [3.63, 3.8) is 0 Å². The third kappa shape index (κ3) is 4.57. The van der Waals surface area contributed by atoms with Crippen LogP contribution in [0.4, 0.5) is 10.5 Å². The van der Waals surface area contributed by atoms with Gasteiger partial charge in [-0.25, -0.2) is 13.2 Å². The van der Waals surface area contributed by atoms with E-state index in [2.05, 4.69) is 15.8 Å². The Balaban J connectivity index is 1.36. The number of benzene rings is 1. The van der Waals surface area contributed by atoms with Crippen LogP contribution in [0.5, 0.6) is 0 Å². The predicted molar refractivity (Wildman–Crippen MR) is 112 cm³/mol. The first-order valence-corrected chi connectivity index (χ1v) is 11.6. The van der Waals surface area contributed by atoms with E-state index in [0.717, 1.165) is 12.8 Å². The van der Waals surface area contributed by atoms with Crippen molar-refractivity contribution in [3.05, 3.63) is 41.3 Å². The number of nitrogens with one attached hydrogen (secondary N) is 2. The Labute approximate surface area is 180 Å². The van der Waals surface area contributed by atoms with Crippen LogP contribution < -0.4 is 10.6 Å². The van der Waals surface area contributed by atoms with Gasteiger partial charge in [0.15, 0.2) is 5.76 Å². The number of anilines is 1. The lowest BCUT2D eigenvalue weighted by Gasteiger charge is -2.33. The zero-order valence-electron chi connectivity index (χ0n) is 17.4. The number of hydrogen-bond donors (Lipinski definition) is 2. The lowest BCUT2D eigenvalue weighted by molar-refractivity contribution is 0.0951. The number of nitrogens with zero attached hydrogens (tertiary/aromatic N) is 3. The van der Waals surface area contributed by atoms with E-state index in [1.807, 2.05) is 0 Å². The fourth-order valence-corrected chi connectivity index (χ4v) is 5.25. The zero-order valence-corrected chi connectivity index (χ0v) is 18.2. The minimum Gasteiger partial charge on any atom is -0.360 e. The summed E-state index contributed by atoms with van der Waals surface area (Å²) in [4.78, 5) is 26.5. The van der Waals surface area contributed by atoms with Crippen LogP contribution >= 0.6 is 0 Å². The molecule has 2 fully saturated rings. The molecule has 2 N–H and O–H groups in total. The zero-order chi connectivity index (χ0) is 22.2. The van der Waals surface area contributed by atoms with Crippen LogP contribution in [-0.4, -0.2) is 66.9 Å². The van der Waals surface area contributed by atoms with Crippen molar-refractivity contribution in [2.24, 2.45) is 0 Å². The predicted octanol–water partition coefficient (Wildman–Crippen LogP) is 1.72. The molecule has 0 atom stereocenters. The number of carbonyl (C=O) groups excluding carboxylic acids is 2. The summed E-state index contributed by atoms with van der Waals surface area (Å²) in [6, 6.07) is 6.67. The number of rotatable bonds is 5. The van der Waals surface area contributed by atoms with Crippen molar-refractivity contribution in [3.8, 4) is 0 Å². The first kappa shape index (κ1) is 21.3. The number of sulfonamides is 1. The Morgan fingerprint density at radius 2 is 1.84 bits per heavy atom. The molecule has 2 aliphatic rings. The number of carbonyl (C=O) groups is 2. The van der Waals surface area contributed by atoms with Crippen molar-refractivity contribution < 1.29 is 22.5 Å². The molecular formula is C20H25N5O5S. The van der Waals surface area contributed by atoms with Crippen LogP contribution in [0.2, 0.25) is 0 Å². The molecule has 1 saturated carbocycles. The molecule has 0 bridgehead atoms. The van der Waals surface area contributed by atoms with E-state index in [0.29, 0.717) is 16.9 Å². The van der Waals surface area contributed by atoms with Gasteiger partial charge in [-0.2, -0.15) is 4.31 Å². The van der Waals surface area contributed by atoms with Gasteiger partial charge in [-0.3, -0.25) is 4.79 Å². The SMILES string of the molecule is Cc1noc(C)c1S(=O)(=O)N1CCN(C(=O)Nc2cccc(C(=O)NC3CC3)c2)CC1. The fraction of sp³-hybridized carbons (Fsp3) is 0.450. The second-order valence-corrected chi connectivity index (χ2v) is 9.68. The number of aromatic nitrogens is 1. The van der Waals surface area contributed by atoms with Gasteiger partial charge in [0.2, 0.25) is 10.0 Å². The van der Waals surface area contributed by atoms with Gasteiger partial charge < -0.3 is 20.1 Å². The molecule has 0 spiro atoms. The smallest absolute Gasteiger partial charge is 0.321 e. The number of amides is 3. The van der Waals surface area contributed by atoms with Gasteiger partial charge in [-0.05, 0) is 44.9 Å². The van der Waals surface area contributed by atoms with Gasteiger partial charge in [0.1, 0.15) is 10.6 Å². The van der Waals surface area contributed by atoms with E-state index >= 15 is 0 Å². The van der Waals surface area contributed by atoms with Crippen LogP contribution in [0.3, 0.4) is 0 Å². The summed E-state index contributed by atoms with van der Waals surface area (Å²) in [5, 5.41) is 9.43. The third-order valence-electron chi connectivity index (χ3n) is 5.38. The van der Waals surface area contributed by atoms with Gasteiger partial charge in [-0.15, -0.1) is 0 Å². The summed E-state index contributed by atoms with van der Waals surface area (Å²) in [6.45, 7) is 3.99. The van der Waals surface area contributed by atoms with Crippen LogP contribution in [0.25, 0.3) is 0 Å². The summed E-state index contributed by atoms with van der Waals surface area (Å²) in [6.07, 6.45) is 2.00. The maximum Gasteiger partial charge on any atom is 0.321 e. The average molecular weight is 448 g/mol. The van der Waals surface area contributed by atoms with Gasteiger partial charge in [-0.1, -0.05) is 11.2 Å². The summed E-state index contributed by atoms with van der Waals surface area (Å²) >= 11 is 0. The molecule has 3 amide bonds. The van der Waals surface area contributed by atoms with E-state index < -0.39 is 10.0 Å². The number of piperazine rings is 1. The lowest BCUT2D eigenvalue weighted by atomic mass is 10.2. The molecule has 2 aromatic rings. The normalized spacial score (nSPS) is 17.4. The maximum atomic E-state index is 12.9. The standard InChI is InChI=1S/C20H25N5O5S/c1-13-18(14(2)30-23-13)31(28,29)25-10-8-24(9-11-25)20(27)22-17-5-3-4-15(12-17)19(26)21-16-6-7-16/h3-5,12,16H,6-11H2,1-2H3,(H,21,26)(H,22,27). The van der Waals surface area contributed by atoms with E-state index in [9.17, 15) is 18.0 Å². The Kier molecular flexibility index (Phi) is 5.71. The van der Waals surface area contributed by atoms with Gasteiger partial charge in [0, 0.05) is 43.5 Å². The highest BCUT2D eigenvalue weighted by Crippen LogP contribution is 2.24. The van der Waals surface area contributed by atoms with Gasteiger partial charge in [0.25, 0.3) is 5.91 Å². The molecule has 0 radical (unpaired) electrons. The Bertz CT molecular complexity index is 1080. The summed E-state index contributed by atoms with van der Waals surface area (Å²) in [5.74, 6) is 0.0972. The summed E-state index contributed by atoms with van der Waals surface area (Å²) < 4.78 is 32.1. The first-order valence-electron chi connectivity index (χ1n) is 10.2. The van der Waals surface area contributed by atoms with Crippen LogP contribution in [-0.2, 0) is 10.0 Å². The fourth-order valence-electron chi connectivity index (χ4n) is 3.54. The molecular weight excluding hydrogens is 422 g/mol. The molecule has 31 heavy (non-hydrogen) atoms. The second-order valence-electron chi connectivity index (χ2n) is 7.80. The van der Waals surface area contributed by atoms with E-state index in [1.54, 1.807) is 43.0 Å². The van der Waals surface area contributed by atoms with Crippen molar-refractivity contribution >= 4 is 27.6 Å². The summed E-state index contributed by atoms with van der Waals surface area (Å²) in [7, 11) is -3.73. The van der Waals surface area contributed by atoms with Gasteiger partial charge >= 0.3 is 6.03 Å². The first-order chi connectivity index (χ1) is 14.8. The van der Waals surface area contributed by atoms with E-state index in [-0.39, 0.29) is 54.8 Å². The van der Waals surface area contributed by atoms with Crippen LogP contribution in [0.15, 0.2) is 33.7 Å². The van der Waals surface area contributed by atoms with Crippen molar-refractivity contribution in [1.29, 1.82) is 0 Å². The highest BCUT2D eigenvalue weighted by molar-refractivity contribution is 7.89. The second kappa shape index (κ2) is 8.31. The Morgan fingerprint density at radius 3 is 2.45 bits per heavy atom. The molecule has 1 aromatic heterocycles. The van der Waals surface area contributed by atoms with Crippen molar-refractivity contribution in [2.75, 3.05) is 31.5 Å². The third-order valence-corrected chi connectivity index (χ3v) is 7.52. The summed E-state index contributed by atoms with van der Waals surface area (Å²) in [5.41, 5.74) is 1.32. The largest absolute Gasteiger partial charge is 0.360 e. The minimum absolute atomic E-state index is 0.0895. The van der Waals surface area contributed by atoms with Gasteiger partial charge in [0.05, 0.1) is 0 Å². The monoisotopic (exact) mass is 447 g/mol. The molecule has 11 heteroatoms. The van der Waals surface area contributed by atoms with E-state index in [4.69, 9.17) is 4.52 Å². The molecule has 2 heterocycles. The molecule has 1 aliphatic heterocycles. The van der Waals surface area contributed by atoms with Crippen molar-refractivity contribution in [2.45, 2.75) is 37.6 Å². The average Bonchev–Trinajstić information content (AvgIpc) is 3.49. The molecule has 0 unspecified atom stereocenters. The molecule has 1 saturated heterocycles. The topological polar surface area (TPSA) is 125 Å². The lowest BCUT2D eigenvalue weighted by Crippen LogP contribution is -2.51. The maximum absolute atomic E-state index is 12.9. The van der Waals surface area contributed by atoms with Crippen LogP contribution in [0.1, 0.15) is 34.7 Å². The number of urea groups is 1. The molecule has 166 valence electrons. The number of hydrogen-bond acceptors (Lipinski definition) is 6. The molecule has 4 rings (SSSR count). The molecule has 1 aromatic carbocycles.